The molecule has 1 aliphatic rings. The molecule has 1 heterocycles. The van der Waals surface area contributed by atoms with Crippen LogP contribution in [0, 0.1) is 11.3 Å². The van der Waals surface area contributed by atoms with Gasteiger partial charge in [0.1, 0.15) is 5.75 Å². The number of fused-ring (bicyclic) bond motifs is 3. The Labute approximate surface area is 166 Å². The number of primary amides is 1. The van der Waals surface area contributed by atoms with Gasteiger partial charge in [-0.15, -0.1) is 0 Å². The SMILES string of the molecule is N#Cc1ccc(Cn2c3c(c4c(OCC(=O)O)cccc42)C(C(N)=O)CC3)cc1. The second-order valence-electron chi connectivity index (χ2n) is 7.08. The number of nitriles is 1. The van der Waals surface area contributed by atoms with Gasteiger partial charge >= 0.3 is 5.97 Å². The Morgan fingerprint density at radius 3 is 2.66 bits per heavy atom. The summed E-state index contributed by atoms with van der Waals surface area (Å²) >= 11 is 0. The van der Waals surface area contributed by atoms with E-state index >= 15 is 0 Å². The number of ether oxygens (including phenoxy) is 1. The Morgan fingerprint density at radius 1 is 1.24 bits per heavy atom. The van der Waals surface area contributed by atoms with E-state index in [0.29, 0.717) is 30.7 Å². The van der Waals surface area contributed by atoms with E-state index in [4.69, 9.17) is 20.8 Å². The Bertz CT molecular complexity index is 1160. The van der Waals surface area contributed by atoms with Crippen LogP contribution in [0.2, 0.25) is 0 Å². The standard InChI is InChI=1S/C22H19N3O4/c23-10-13-4-6-14(7-5-13)11-25-16-2-1-3-18(29-12-19(26)27)21(16)20-15(22(24)28)8-9-17(20)25/h1-7,15H,8-9,11-12H2,(H2,24,28)(H,26,27). The second kappa shape index (κ2) is 7.32. The highest BCUT2D eigenvalue weighted by molar-refractivity contribution is 5.97. The smallest absolute Gasteiger partial charge is 0.341 e. The molecule has 7 nitrogen and oxygen atoms in total. The number of carbonyl (C=O) groups is 2. The number of aromatic nitrogens is 1. The summed E-state index contributed by atoms with van der Waals surface area (Å²) in [5.74, 6) is -1.45. The first-order valence-electron chi connectivity index (χ1n) is 9.26. The lowest BCUT2D eigenvalue weighted by Gasteiger charge is -2.12. The molecule has 7 heteroatoms. The molecule has 1 aromatic heterocycles. The first-order chi connectivity index (χ1) is 14.0. The first kappa shape index (κ1) is 18.6. The van der Waals surface area contributed by atoms with Gasteiger partial charge in [-0.2, -0.15) is 5.26 Å². The molecule has 1 aliphatic carbocycles. The van der Waals surface area contributed by atoms with E-state index in [-0.39, 0.29) is 0 Å². The molecule has 4 rings (SSSR count). The van der Waals surface area contributed by atoms with Gasteiger partial charge in [0.15, 0.2) is 6.61 Å². The molecule has 3 N–H and O–H groups in total. The Hall–Kier alpha value is -3.79. The summed E-state index contributed by atoms with van der Waals surface area (Å²) < 4.78 is 7.65. The summed E-state index contributed by atoms with van der Waals surface area (Å²) in [6, 6.07) is 14.9. The number of aliphatic carboxylic acids is 1. The van der Waals surface area contributed by atoms with E-state index in [2.05, 4.69) is 10.6 Å². The van der Waals surface area contributed by atoms with Crippen LogP contribution in [0.25, 0.3) is 10.9 Å². The van der Waals surface area contributed by atoms with Crippen LogP contribution in [0.5, 0.6) is 5.75 Å². The fourth-order valence-electron chi connectivity index (χ4n) is 4.11. The van der Waals surface area contributed by atoms with E-state index in [1.165, 1.54) is 0 Å². The molecular formula is C22H19N3O4. The predicted molar refractivity (Wildman–Crippen MR) is 106 cm³/mol. The third kappa shape index (κ3) is 3.29. The highest BCUT2D eigenvalue weighted by atomic mass is 16.5. The quantitative estimate of drug-likeness (QED) is 0.672. The predicted octanol–water partition coefficient (Wildman–Crippen LogP) is 2.54. The molecule has 1 unspecified atom stereocenters. The lowest BCUT2D eigenvalue weighted by Crippen LogP contribution is -2.19. The maximum absolute atomic E-state index is 12.1. The lowest BCUT2D eigenvalue weighted by atomic mass is 9.99. The number of hydrogen-bond donors (Lipinski definition) is 2. The minimum absolute atomic E-state index is 0.394. The summed E-state index contributed by atoms with van der Waals surface area (Å²) in [5.41, 5.74) is 9.98. The lowest BCUT2D eigenvalue weighted by molar-refractivity contribution is -0.139. The summed E-state index contributed by atoms with van der Waals surface area (Å²) in [6.07, 6.45) is 1.32. The van der Waals surface area contributed by atoms with Crippen molar-refractivity contribution in [1.29, 1.82) is 5.26 Å². The first-order valence-corrected chi connectivity index (χ1v) is 9.26. The molecule has 29 heavy (non-hydrogen) atoms. The summed E-state index contributed by atoms with van der Waals surface area (Å²) in [4.78, 5) is 23.1. The van der Waals surface area contributed by atoms with E-state index in [1.54, 1.807) is 18.2 Å². The van der Waals surface area contributed by atoms with Gasteiger partial charge in [-0.1, -0.05) is 18.2 Å². The van der Waals surface area contributed by atoms with Gasteiger partial charge in [0.05, 0.1) is 23.1 Å². The molecule has 0 radical (unpaired) electrons. The Balaban J connectivity index is 1.86. The van der Waals surface area contributed by atoms with Gasteiger partial charge in [-0.05, 0) is 48.2 Å². The fourth-order valence-corrected chi connectivity index (χ4v) is 4.11. The molecular weight excluding hydrogens is 370 g/mol. The van der Waals surface area contributed by atoms with Crippen molar-refractivity contribution in [3.8, 4) is 11.8 Å². The minimum Gasteiger partial charge on any atom is -0.481 e. The molecule has 0 bridgehead atoms. The van der Waals surface area contributed by atoms with Crippen molar-refractivity contribution < 1.29 is 19.4 Å². The van der Waals surface area contributed by atoms with Crippen molar-refractivity contribution in [3.05, 3.63) is 64.8 Å². The molecule has 1 atom stereocenters. The van der Waals surface area contributed by atoms with Gasteiger partial charge in [0.25, 0.3) is 0 Å². The van der Waals surface area contributed by atoms with Crippen LogP contribution in [0.3, 0.4) is 0 Å². The number of carbonyl (C=O) groups excluding carboxylic acids is 1. The Morgan fingerprint density at radius 2 is 2.00 bits per heavy atom. The van der Waals surface area contributed by atoms with E-state index in [1.807, 2.05) is 24.3 Å². The van der Waals surface area contributed by atoms with Gasteiger partial charge in [0.2, 0.25) is 5.91 Å². The third-order valence-electron chi connectivity index (χ3n) is 5.34. The average Bonchev–Trinajstić information content (AvgIpc) is 3.26. The number of nitrogens with zero attached hydrogens (tertiary/aromatic N) is 2. The topological polar surface area (TPSA) is 118 Å². The van der Waals surface area contributed by atoms with Crippen LogP contribution < -0.4 is 10.5 Å². The van der Waals surface area contributed by atoms with Crippen LogP contribution in [0.15, 0.2) is 42.5 Å². The largest absolute Gasteiger partial charge is 0.481 e. The van der Waals surface area contributed by atoms with Gasteiger partial charge in [-0.25, -0.2) is 4.79 Å². The number of amides is 1. The fraction of sp³-hybridized carbons (Fsp3) is 0.227. The van der Waals surface area contributed by atoms with Crippen LogP contribution in [-0.2, 0) is 22.6 Å². The average molecular weight is 389 g/mol. The zero-order valence-corrected chi connectivity index (χ0v) is 15.6. The van der Waals surface area contributed by atoms with E-state index in [0.717, 1.165) is 27.7 Å². The third-order valence-corrected chi connectivity index (χ3v) is 5.34. The second-order valence-corrected chi connectivity index (χ2v) is 7.08. The van der Waals surface area contributed by atoms with E-state index in [9.17, 15) is 9.59 Å². The highest BCUT2D eigenvalue weighted by Gasteiger charge is 2.34. The number of rotatable bonds is 6. The van der Waals surface area contributed by atoms with Crippen molar-refractivity contribution in [1.82, 2.24) is 4.57 Å². The van der Waals surface area contributed by atoms with E-state index < -0.39 is 24.4 Å². The van der Waals surface area contributed by atoms with Crippen LogP contribution in [0.1, 0.15) is 34.7 Å². The van der Waals surface area contributed by atoms with Gasteiger partial charge < -0.3 is 20.1 Å². The zero-order chi connectivity index (χ0) is 20.5. The van der Waals surface area contributed by atoms with Crippen molar-refractivity contribution in [3.63, 3.8) is 0 Å². The molecule has 0 saturated carbocycles. The molecule has 146 valence electrons. The maximum Gasteiger partial charge on any atom is 0.341 e. The molecule has 0 saturated heterocycles. The minimum atomic E-state index is -1.07. The summed E-state index contributed by atoms with van der Waals surface area (Å²) in [6.45, 7) is 0.0985. The number of hydrogen-bond acceptors (Lipinski definition) is 4. The van der Waals surface area contributed by atoms with Crippen LogP contribution >= 0.6 is 0 Å². The molecule has 3 aromatic rings. The molecule has 0 fully saturated rings. The number of benzene rings is 2. The number of carboxylic acids is 1. The number of nitrogens with two attached hydrogens (primary N) is 1. The normalized spacial score (nSPS) is 15.1. The van der Waals surface area contributed by atoms with Crippen LogP contribution in [-0.4, -0.2) is 28.2 Å². The monoisotopic (exact) mass is 389 g/mol. The van der Waals surface area contributed by atoms with Crippen molar-refractivity contribution in [2.24, 2.45) is 5.73 Å². The Kier molecular flexibility index (Phi) is 4.69. The van der Waals surface area contributed by atoms with Gasteiger partial charge in [-0.3, -0.25) is 4.79 Å². The summed E-state index contributed by atoms with van der Waals surface area (Å²) in [7, 11) is 0. The number of carboxylic acid groups (broad SMARTS) is 1. The van der Waals surface area contributed by atoms with Gasteiger partial charge in [0, 0.05) is 17.6 Å². The zero-order valence-electron chi connectivity index (χ0n) is 15.6. The van der Waals surface area contributed by atoms with Crippen LogP contribution in [0.4, 0.5) is 0 Å². The van der Waals surface area contributed by atoms with Crippen molar-refractivity contribution in [2.75, 3.05) is 6.61 Å². The van der Waals surface area contributed by atoms with Crippen molar-refractivity contribution >= 4 is 22.8 Å². The highest BCUT2D eigenvalue weighted by Crippen LogP contribution is 2.44. The molecule has 1 amide bonds. The maximum atomic E-state index is 12.1. The van der Waals surface area contributed by atoms with Crippen molar-refractivity contribution in [2.45, 2.75) is 25.3 Å². The summed E-state index contributed by atoms with van der Waals surface area (Å²) in [5, 5.41) is 18.7. The molecule has 0 spiro atoms. The molecule has 0 aliphatic heterocycles. The molecule has 2 aromatic carbocycles.